The fourth-order valence-electron chi connectivity index (χ4n) is 2.36. The van der Waals surface area contributed by atoms with E-state index in [2.05, 4.69) is 0 Å². The summed E-state index contributed by atoms with van der Waals surface area (Å²) in [5.74, 6) is -0.156. The average molecular weight is 289 g/mol. The molecular formula is C16H19NO4. The van der Waals surface area contributed by atoms with Crippen molar-refractivity contribution in [2.75, 3.05) is 20.2 Å². The van der Waals surface area contributed by atoms with Crippen LogP contribution in [0.2, 0.25) is 0 Å². The first-order chi connectivity index (χ1) is 10.1. The summed E-state index contributed by atoms with van der Waals surface area (Å²) in [5.41, 5.74) is 0.852. The number of rotatable bonds is 3. The zero-order valence-electron chi connectivity index (χ0n) is 12.0. The van der Waals surface area contributed by atoms with Crippen LogP contribution in [0.25, 0.3) is 6.08 Å². The van der Waals surface area contributed by atoms with Gasteiger partial charge in [-0.3, -0.25) is 9.59 Å². The number of methoxy groups -OCH3 is 1. The topological polar surface area (TPSA) is 66.8 Å². The van der Waals surface area contributed by atoms with Gasteiger partial charge in [0.15, 0.2) is 0 Å². The van der Waals surface area contributed by atoms with Crippen LogP contribution < -0.4 is 0 Å². The average Bonchev–Trinajstić information content (AvgIpc) is 2.53. The van der Waals surface area contributed by atoms with Crippen molar-refractivity contribution in [1.29, 1.82) is 0 Å². The van der Waals surface area contributed by atoms with E-state index in [1.54, 1.807) is 35.2 Å². The molecule has 1 aliphatic rings. The van der Waals surface area contributed by atoms with Crippen LogP contribution in [0.3, 0.4) is 0 Å². The second-order valence-corrected chi connectivity index (χ2v) is 5.05. The molecule has 1 N–H and O–H groups in total. The normalized spacial score (nSPS) is 16.1. The van der Waals surface area contributed by atoms with Gasteiger partial charge in [-0.2, -0.15) is 0 Å². The first kappa shape index (κ1) is 15.1. The number of hydrogen-bond acceptors (Lipinski definition) is 4. The van der Waals surface area contributed by atoms with Crippen molar-refractivity contribution >= 4 is 18.0 Å². The number of phenols is 1. The highest BCUT2D eigenvalue weighted by molar-refractivity contribution is 5.92. The van der Waals surface area contributed by atoms with Crippen molar-refractivity contribution in [3.05, 3.63) is 35.9 Å². The Morgan fingerprint density at radius 2 is 1.86 bits per heavy atom. The highest BCUT2D eigenvalue weighted by Gasteiger charge is 2.26. The smallest absolute Gasteiger partial charge is 0.308 e. The number of carbonyl (C=O) groups is 2. The second kappa shape index (κ2) is 6.92. The van der Waals surface area contributed by atoms with Gasteiger partial charge in [0.25, 0.3) is 0 Å². The quantitative estimate of drug-likeness (QED) is 0.681. The fraction of sp³-hybridized carbons (Fsp3) is 0.375. The van der Waals surface area contributed by atoms with Gasteiger partial charge in [0.1, 0.15) is 5.75 Å². The van der Waals surface area contributed by atoms with Gasteiger partial charge in [-0.05, 0) is 36.6 Å². The van der Waals surface area contributed by atoms with Gasteiger partial charge >= 0.3 is 5.97 Å². The van der Waals surface area contributed by atoms with E-state index in [1.165, 1.54) is 13.2 Å². The van der Waals surface area contributed by atoms with E-state index in [-0.39, 0.29) is 23.5 Å². The Hall–Kier alpha value is -2.30. The maximum atomic E-state index is 12.1. The molecule has 1 fully saturated rings. The molecular weight excluding hydrogens is 270 g/mol. The van der Waals surface area contributed by atoms with Gasteiger partial charge in [-0.1, -0.05) is 12.1 Å². The summed E-state index contributed by atoms with van der Waals surface area (Å²) in [6.45, 7) is 1.14. The van der Waals surface area contributed by atoms with Crippen LogP contribution in [0.1, 0.15) is 18.4 Å². The fourth-order valence-corrected chi connectivity index (χ4v) is 2.36. The molecule has 0 radical (unpaired) electrons. The lowest BCUT2D eigenvalue weighted by molar-refractivity contribution is -0.148. The van der Waals surface area contributed by atoms with Crippen LogP contribution in [-0.4, -0.2) is 42.1 Å². The molecule has 112 valence electrons. The Bertz CT molecular complexity index is 528. The molecule has 1 amide bonds. The molecule has 5 heteroatoms. The lowest BCUT2D eigenvalue weighted by atomic mass is 9.97. The zero-order chi connectivity index (χ0) is 15.2. The number of nitrogens with zero attached hydrogens (tertiary/aromatic N) is 1. The van der Waals surface area contributed by atoms with Crippen LogP contribution in [0.4, 0.5) is 0 Å². The minimum absolute atomic E-state index is 0.0635. The first-order valence-electron chi connectivity index (χ1n) is 6.94. The van der Waals surface area contributed by atoms with E-state index < -0.39 is 0 Å². The van der Waals surface area contributed by atoms with E-state index >= 15 is 0 Å². The predicted molar refractivity (Wildman–Crippen MR) is 78.5 cm³/mol. The summed E-state index contributed by atoms with van der Waals surface area (Å²) in [4.78, 5) is 25.2. The minimum atomic E-state index is -0.193. The summed E-state index contributed by atoms with van der Waals surface area (Å²) < 4.78 is 4.72. The van der Waals surface area contributed by atoms with Crippen molar-refractivity contribution in [2.24, 2.45) is 5.92 Å². The Morgan fingerprint density at radius 1 is 1.24 bits per heavy atom. The summed E-state index contributed by atoms with van der Waals surface area (Å²) in [7, 11) is 1.39. The van der Waals surface area contributed by atoms with Gasteiger partial charge in [-0.15, -0.1) is 0 Å². The molecule has 1 saturated heterocycles. The third-order valence-electron chi connectivity index (χ3n) is 3.65. The Kier molecular flexibility index (Phi) is 4.98. The van der Waals surface area contributed by atoms with Gasteiger partial charge in [0.2, 0.25) is 5.91 Å². The maximum Gasteiger partial charge on any atom is 0.308 e. The van der Waals surface area contributed by atoms with Gasteiger partial charge in [0.05, 0.1) is 13.0 Å². The lowest BCUT2D eigenvalue weighted by Crippen LogP contribution is -2.39. The molecule has 0 unspecified atom stereocenters. The molecule has 0 spiro atoms. The number of phenolic OH excluding ortho intramolecular Hbond substituents is 1. The number of carbonyl (C=O) groups excluding carboxylic acids is 2. The Labute approximate surface area is 123 Å². The Balaban J connectivity index is 1.87. The van der Waals surface area contributed by atoms with Crippen LogP contribution in [0.5, 0.6) is 5.75 Å². The van der Waals surface area contributed by atoms with E-state index in [0.717, 1.165) is 5.56 Å². The van der Waals surface area contributed by atoms with Crippen LogP contribution >= 0.6 is 0 Å². The zero-order valence-corrected chi connectivity index (χ0v) is 12.0. The molecule has 2 rings (SSSR count). The summed E-state index contributed by atoms with van der Waals surface area (Å²) in [6.07, 6.45) is 4.52. The molecule has 0 bridgehead atoms. The summed E-state index contributed by atoms with van der Waals surface area (Å²) in [6, 6.07) is 6.63. The highest BCUT2D eigenvalue weighted by Crippen LogP contribution is 2.19. The molecule has 5 nitrogen and oxygen atoms in total. The number of likely N-dealkylation sites (tertiary alicyclic amines) is 1. The van der Waals surface area contributed by atoms with Crippen molar-refractivity contribution in [3.63, 3.8) is 0 Å². The van der Waals surface area contributed by atoms with Crippen LogP contribution in [0.15, 0.2) is 30.3 Å². The monoisotopic (exact) mass is 289 g/mol. The number of benzene rings is 1. The van der Waals surface area contributed by atoms with Crippen LogP contribution in [0, 0.1) is 5.92 Å². The van der Waals surface area contributed by atoms with E-state index in [4.69, 9.17) is 4.74 Å². The molecule has 1 aromatic carbocycles. The van der Waals surface area contributed by atoms with Crippen molar-refractivity contribution in [3.8, 4) is 5.75 Å². The molecule has 1 aromatic rings. The third-order valence-corrected chi connectivity index (χ3v) is 3.65. The molecule has 0 atom stereocenters. The molecule has 1 heterocycles. The lowest BCUT2D eigenvalue weighted by Gasteiger charge is -2.29. The van der Waals surface area contributed by atoms with Gasteiger partial charge in [-0.25, -0.2) is 0 Å². The third kappa shape index (κ3) is 4.08. The summed E-state index contributed by atoms with van der Waals surface area (Å²) >= 11 is 0. The molecule has 21 heavy (non-hydrogen) atoms. The number of amides is 1. The van der Waals surface area contributed by atoms with E-state index in [1.807, 2.05) is 0 Å². The number of esters is 1. The molecule has 0 saturated carbocycles. The first-order valence-corrected chi connectivity index (χ1v) is 6.94. The Morgan fingerprint density at radius 3 is 2.43 bits per heavy atom. The highest BCUT2D eigenvalue weighted by atomic mass is 16.5. The predicted octanol–water partition coefficient (Wildman–Crippen LogP) is 1.82. The molecule has 1 aliphatic heterocycles. The number of hydrogen-bond donors (Lipinski definition) is 1. The van der Waals surface area contributed by atoms with Gasteiger partial charge < -0.3 is 14.7 Å². The molecule has 0 aromatic heterocycles. The maximum absolute atomic E-state index is 12.1. The van der Waals surface area contributed by atoms with Crippen molar-refractivity contribution in [2.45, 2.75) is 12.8 Å². The number of aromatic hydroxyl groups is 1. The van der Waals surface area contributed by atoms with Crippen molar-refractivity contribution < 1.29 is 19.4 Å². The summed E-state index contributed by atoms with van der Waals surface area (Å²) in [5, 5.41) is 9.19. The number of ether oxygens (including phenoxy) is 1. The molecule has 0 aliphatic carbocycles. The second-order valence-electron chi connectivity index (χ2n) is 5.05. The van der Waals surface area contributed by atoms with E-state index in [0.29, 0.717) is 25.9 Å². The number of piperidine rings is 1. The van der Waals surface area contributed by atoms with E-state index in [9.17, 15) is 14.7 Å². The van der Waals surface area contributed by atoms with Crippen molar-refractivity contribution in [1.82, 2.24) is 4.90 Å². The van der Waals surface area contributed by atoms with Gasteiger partial charge in [0, 0.05) is 19.2 Å². The largest absolute Gasteiger partial charge is 0.508 e. The SMILES string of the molecule is COC(=O)C1CCN(C(=O)/C=C/c2ccc(O)cc2)CC1. The minimum Gasteiger partial charge on any atom is -0.508 e. The standard InChI is InChI=1S/C16H19NO4/c1-21-16(20)13-8-10-17(11-9-13)15(19)7-4-12-2-5-14(18)6-3-12/h2-7,13,18H,8-11H2,1H3/b7-4+. The van der Waals surface area contributed by atoms with Crippen LogP contribution in [-0.2, 0) is 14.3 Å².